The molecule has 4 rings (SSSR count). The number of pyridine rings is 1. The molecule has 4 heterocycles. The molecule has 0 aliphatic carbocycles. The lowest BCUT2D eigenvalue weighted by molar-refractivity contribution is 0.0938. The number of amides is 1. The van der Waals surface area contributed by atoms with Gasteiger partial charge < -0.3 is 11.1 Å². The third kappa shape index (κ3) is 3.50. The first kappa shape index (κ1) is 18.1. The second kappa shape index (κ2) is 6.74. The van der Waals surface area contributed by atoms with Gasteiger partial charge in [-0.15, -0.1) is 11.3 Å². The zero-order chi connectivity index (χ0) is 19.2. The maximum Gasteiger partial charge on any atom is 0.261 e. The molecule has 0 bridgehead atoms. The standard InChI is InChI=1S/C18H20N4O3S2/c1-11-12(13-9-20-22-6-3-2-4-16(13)22)8-17(26-11)18(23)21-15-10-27(24,25)7-5-14(15)19/h2-4,6,8-9,14-15H,5,7,10,19H2,1H3,(H,21,23)/t14-,15-/m0/s1. The number of nitrogens with two attached hydrogens (primary N) is 1. The molecule has 0 spiro atoms. The number of aromatic nitrogens is 2. The molecule has 1 saturated heterocycles. The van der Waals surface area contributed by atoms with Gasteiger partial charge in [0.25, 0.3) is 5.91 Å². The highest BCUT2D eigenvalue weighted by Crippen LogP contribution is 2.33. The number of aryl methyl sites for hydroxylation is 1. The van der Waals surface area contributed by atoms with Gasteiger partial charge in [0.2, 0.25) is 0 Å². The smallest absolute Gasteiger partial charge is 0.261 e. The summed E-state index contributed by atoms with van der Waals surface area (Å²) in [5, 5.41) is 7.16. The van der Waals surface area contributed by atoms with E-state index in [4.69, 9.17) is 5.73 Å². The fourth-order valence-corrected chi connectivity index (χ4v) is 6.00. The summed E-state index contributed by atoms with van der Waals surface area (Å²) in [7, 11) is -3.16. The van der Waals surface area contributed by atoms with E-state index in [1.807, 2.05) is 37.4 Å². The zero-order valence-corrected chi connectivity index (χ0v) is 16.4. The van der Waals surface area contributed by atoms with E-state index in [1.54, 1.807) is 10.7 Å². The van der Waals surface area contributed by atoms with Crippen LogP contribution in [-0.2, 0) is 9.84 Å². The van der Waals surface area contributed by atoms with E-state index < -0.39 is 15.9 Å². The van der Waals surface area contributed by atoms with E-state index in [2.05, 4.69) is 10.4 Å². The Hall–Kier alpha value is -2.23. The average Bonchev–Trinajstić information content (AvgIpc) is 3.21. The fraction of sp³-hybridized carbons (Fsp3) is 0.333. The van der Waals surface area contributed by atoms with Gasteiger partial charge in [0, 0.05) is 22.7 Å². The van der Waals surface area contributed by atoms with E-state index in [-0.39, 0.29) is 23.5 Å². The van der Waals surface area contributed by atoms with Gasteiger partial charge in [-0.25, -0.2) is 12.9 Å². The summed E-state index contributed by atoms with van der Waals surface area (Å²) in [6.45, 7) is 1.96. The van der Waals surface area contributed by atoms with Gasteiger partial charge in [0.15, 0.2) is 9.84 Å². The molecule has 9 heteroatoms. The number of hydrogen-bond acceptors (Lipinski definition) is 6. The Morgan fingerprint density at radius 3 is 3.00 bits per heavy atom. The van der Waals surface area contributed by atoms with E-state index in [1.165, 1.54) is 11.3 Å². The number of carbonyl (C=O) groups is 1. The maximum absolute atomic E-state index is 12.7. The summed E-state index contributed by atoms with van der Waals surface area (Å²) < 4.78 is 25.5. The van der Waals surface area contributed by atoms with Gasteiger partial charge in [0.05, 0.1) is 34.1 Å². The number of fused-ring (bicyclic) bond motifs is 1. The van der Waals surface area contributed by atoms with Crippen LogP contribution in [0.4, 0.5) is 0 Å². The molecular weight excluding hydrogens is 384 g/mol. The van der Waals surface area contributed by atoms with Gasteiger partial charge >= 0.3 is 0 Å². The zero-order valence-electron chi connectivity index (χ0n) is 14.8. The van der Waals surface area contributed by atoms with Crippen LogP contribution in [-0.4, -0.2) is 47.5 Å². The Kier molecular flexibility index (Phi) is 4.53. The number of nitrogens with zero attached hydrogens (tertiary/aromatic N) is 2. The van der Waals surface area contributed by atoms with Crippen LogP contribution in [0.15, 0.2) is 36.7 Å². The topological polar surface area (TPSA) is 107 Å². The molecule has 27 heavy (non-hydrogen) atoms. The second-order valence-electron chi connectivity index (χ2n) is 6.82. The Balaban J connectivity index is 1.60. The van der Waals surface area contributed by atoms with Crippen LogP contribution in [0.3, 0.4) is 0 Å². The van der Waals surface area contributed by atoms with Crippen LogP contribution in [0.5, 0.6) is 0 Å². The third-order valence-corrected chi connectivity index (χ3v) is 7.66. The average molecular weight is 405 g/mol. The van der Waals surface area contributed by atoms with Crippen molar-refractivity contribution in [3.63, 3.8) is 0 Å². The van der Waals surface area contributed by atoms with Crippen LogP contribution in [0.2, 0.25) is 0 Å². The Morgan fingerprint density at radius 2 is 2.19 bits per heavy atom. The van der Waals surface area contributed by atoms with Crippen LogP contribution in [0, 0.1) is 6.92 Å². The molecule has 3 aromatic rings. The molecule has 3 aromatic heterocycles. The van der Waals surface area contributed by atoms with E-state index in [0.717, 1.165) is 21.5 Å². The highest BCUT2D eigenvalue weighted by atomic mass is 32.2. The van der Waals surface area contributed by atoms with Gasteiger partial charge in [0.1, 0.15) is 0 Å². The van der Waals surface area contributed by atoms with E-state index in [9.17, 15) is 13.2 Å². The van der Waals surface area contributed by atoms with Crippen LogP contribution >= 0.6 is 11.3 Å². The Bertz CT molecular complexity index is 1120. The minimum absolute atomic E-state index is 0.0809. The van der Waals surface area contributed by atoms with Crippen LogP contribution < -0.4 is 11.1 Å². The third-order valence-electron chi connectivity index (χ3n) is 4.89. The minimum Gasteiger partial charge on any atom is -0.346 e. The molecule has 0 aromatic carbocycles. The summed E-state index contributed by atoms with van der Waals surface area (Å²) in [6, 6.07) is 6.76. The SMILES string of the molecule is Cc1sc(C(=O)N[C@H]2CS(=O)(=O)CC[C@@H]2N)cc1-c1cnn2ccccc12. The minimum atomic E-state index is -3.16. The molecule has 1 aliphatic heterocycles. The van der Waals surface area contributed by atoms with Crippen molar-refractivity contribution in [1.82, 2.24) is 14.9 Å². The quantitative estimate of drug-likeness (QED) is 0.690. The lowest BCUT2D eigenvalue weighted by atomic mass is 10.1. The first-order valence-corrected chi connectivity index (χ1v) is 11.3. The number of sulfone groups is 1. The summed E-state index contributed by atoms with van der Waals surface area (Å²) >= 11 is 1.38. The molecule has 3 N–H and O–H groups in total. The summed E-state index contributed by atoms with van der Waals surface area (Å²) in [6.07, 6.45) is 4.03. The van der Waals surface area contributed by atoms with Crippen molar-refractivity contribution in [2.75, 3.05) is 11.5 Å². The number of nitrogens with one attached hydrogen (secondary N) is 1. The van der Waals surface area contributed by atoms with Gasteiger partial charge in [-0.1, -0.05) is 6.07 Å². The Labute approximate surface area is 161 Å². The molecule has 142 valence electrons. The number of rotatable bonds is 3. The molecule has 0 radical (unpaired) electrons. The number of hydrogen-bond donors (Lipinski definition) is 2. The highest BCUT2D eigenvalue weighted by molar-refractivity contribution is 7.91. The van der Waals surface area contributed by atoms with Gasteiger partial charge in [-0.3, -0.25) is 4.79 Å². The first-order chi connectivity index (χ1) is 12.8. The van der Waals surface area contributed by atoms with E-state index in [0.29, 0.717) is 11.3 Å². The van der Waals surface area contributed by atoms with Crippen molar-refractivity contribution < 1.29 is 13.2 Å². The predicted octanol–water partition coefficient (Wildman–Crippen LogP) is 1.62. The Morgan fingerprint density at radius 1 is 1.37 bits per heavy atom. The fourth-order valence-electron chi connectivity index (χ4n) is 3.39. The lowest BCUT2D eigenvalue weighted by Gasteiger charge is -2.28. The van der Waals surface area contributed by atoms with Crippen molar-refractivity contribution in [3.8, 4) is 11.1 Å². The van der Waals surface area contributed by atoms with Gasteiger partial charge in [-0.2, -0.15) is 5.10 Å². The molecule has 1 aliphatic rings. The van der Waals surface area contributed by atoms with Crippen molar-refractivity contribution >= 4 is 32.6 Å². The summed E-state index contributed by atoms with van der Waals surface area (Å²) in [5.74, 6) is -0.314. The molecule has 0 unspecified atom stereocenters. The van der Waals surface area contributed by atoms with Crippen LogP contribution in [0.1, 0.15) is 21.0 Å². The highest BCUT2D eigenvalue weighted by Gasteiger charge is 2.32. The largest absolute Gasteiger partial charge is 0.346 e. The van der Waals surface area contributed by atoms with Gasteiger partial charge in [-0.05, 0) is 37.1 Å². The van der Waals surface area contributed by atoms with Crippen LogP contribution in [0.25, 0.3) is 16.6 Å². The predicted molar refractivity (Wildman–Crippen MR) is 106 cm³/mol. The van der Waals surface area contributed by atoms with E-state index >= 15 is 0 Å². The number of thiophene rings is 1. The van der Waals surface area contributed by atoms with Crippen molar-refractivity contribution in [2.24, 2.45) is 5.73 Å². The molecule has 1 fully saturated rings. The van der Waals surface area contributed by atoms with Crippen molar-refractivity contribution in [1.29, 1.82) is 0 Å². The second-order valence-corrected chi connectivity index (χ2v) is 10.3. The molecule has 0 saturated carbocycles. The first-order valence-electron chi connectivity index (χ1n) is 8.64. The molecule has 1 amide bonds. The number of carbonyl (C=O) groups excluding carboxylic acids is 1. The normalized spacial score (nSPS) is 22.0. The summed E-state index contributed by atoms with van der Waals surface area (Å²) in [5.41, 5.74) is 8.89. The summed E-state index contributed by atoms with van der Waals surface area (Å²) in [4.78, 5) is 14.2. The molecular formula is C18H20N4O3S2. The molecule has 2 atom stereocenters. The van der Waals surface area contributed by atoms with Crippen molar-refractivity contribution in [3.05, 3.63) is 46.4 Å². The monoisotopic (exact) mass is 404 g/mol. The maximum atomic E-state index is 12.7. The molecule has 7 nitrogen and oxygen atoms in total. The lowest BCUT2D eigenvalue weighted by Crippen LogP contribution is -2.55. The van der Waals surface area contributed by atoms with Crippen molar-refractivity contribution in [2.45, 2.75) is 25.4 Å².